The lowest BCUT2D eigenvalue weighted by Gasteiger charge is -2.23. The summed E-state index contributed by atoms with van der Waals surface area (Å²) >= 11 is 2.20. The molecule has 1 saturated heterocycles. The normalized spacial score (nSPS) is 15.1. The highest BCUT2D eigenvalue weighted by Crippen LogP contribution is 2.36. The number of nitrogens with zero attached hydrogens (tertiary/aromatic N) is 4. The zero-order valence-corrected chi connectivity index (χ0v) is 24.9. The van der Waals surface area contributed by atoms with Gasteiger partial charge in [0.1, 0.15) is 21.6 Å². The van der Waals surface area contributed by atoms with Crippen molar-refractivity contribution in [2.24, 2.45) is 4.99 Å². The number of nitrogens with one attached hydrogen (secondary N) is 1. The third-order valence-electron chi connectivity index (χ3n) is 6.40. The molecule has 1 fully saturated rings. The number of amides is 3. The topological polar surface area (TPSA) is 106 Å². The maximum absolute atomic E-state index is 15.1. The molecule has 5 rings (SSSR count). The molecule has 44 heavy (non-hydrogen) atoms. The number of amidine groups is 1. The highest BCUT2D eigenvalue weighted by atomic mass is 32.2. The smallest absolute Gasteiger partial charge is 0.406 e. The Morgan fingerprint density at radius 2 is 1.73 bits per heavy atom. The fourth-order valence-corrected chi connectivity index (χ4v) is 5.94. The van der Waals surface area contributed by atoms with Gasteiger partial charge in [0.15, 0.2) is 5.17 Å². The van der Waals surface area contributed by atoms with Crippen LogP contribution in [0.4, 0.5) is 33.7 Å². The minimum Gasteiger partial charge on any atom is -0.406 e. The molecule has 0 bridgehead atoms. The molecule has 4 aromatic rings. The molecule has 0 radical (unpaired) electrons. The van der Waals surface area contributed by atoms with Crippen LogP contribution in [-0.2, 0) is 9.53 Å². The summed E-state index contributed by atoms with van der Waals surface area (Å²) in [6, 6.07) is 13.9. The Balaban J connectivity index is 1.31. The number of methoxy groups -OCH3 is 1. The first-order valence-electron chi connectivity index (χ1n) is 12.9. The van der Waals surface area contributed by atoms with Gasteiger partial charge < -0.3 is 14.8 Å². The van der Waals surface area contributed by atoms with Crippen LogP contribution in [0.2, 0.25) is 0 Å². The molecule has 1 aliphatic rings. The number of aryl methyl sites for hydroxylation is 1. The highest BCUT2D eigenvalue weighted by molar-refractivity contribution is 8.15. The van der Waals surface area contributed by atoms with Gasteiger partial charge in [0.2, 0.25) is 5.91 Å². The molecule has 9 nitrogen and oxygen atoms in total. The molecule has 228 valence electrons. The molecular weight excluding hydrogens is 622 g/mol. The summed E-state index contributed by atoms with van der Waals surface area (Å²) in [5.41, 5.74) is 2.93. The van der Waals surface area contributed by atoms with Crippen LogP contribution in [0.25, 0.3) is 21.1 Å². The van der Waals surface area contributed by atoms with Crippen molar-refractivity contribution in [1.82, 2.24) is 10.2 Å². The van der Waals surface area contributed by atoms with Crippen molar-refractivity contribution < 1.29 is 36.6 Å². The molecule has 0 spiro atoms. The van der Waals surface area contributed by atoms with Crippen LogP contribution in [0.1, 0.15) is 24.2 Å². The van der Waals surface area contributed by atoms with Gasteiger partial charge in [0.25, 0.3) is 0 Å². The van der Waals surface area contributed by atoms with E-state index in [4.69, 9.17) is 4.74 Å². The Bertz CT molecular complexity index is 1740. The van der Waals surface area contributed by atoms with Crippen LogP contribution in [-0.4, -0.2) is 46.5 Å². The van der Waals surface area contributed by atoms with Crippen molar-refractivity contribution in [3.8, 4) is 26.9 Å². The number of ether oxygens (including phenoxy) is 2. The number of halogens is 4. The number of rotatable bonds is 7. The van der Waals surface area contributed by atoms with E-state index in [0.717, 1.165) is 46.4 Å². The lowest BCUT2D eigenvalue weighted by molar-refractivity contribution is -0.274. The second kappa shape index (κ2) is 12.7. The summed E-state index contributed by atoms with van der Waals surface area (Å²) in [5, 5.41) is 11.4. The van der Waals surface area contributed by atoms with Crippen molar-refractivity contribution >= 4 is 51.6 Å². The third-order valence-corrected chi connectivity index (χ3v) is 8.34. The molecule has 2 heterocycles. The van der Waals surface area contributed by atoms with E-state index in [0.29, 0.717) is 26.8 Å². The predicted molar refractivity (Wildman–Crippen MR) is 160 cm³/mol. The number of hydrogen-bond donors (Lipinski definition) is 1. The predicted octanol–water partition coefficient (Wildman–Crippen LogP) is 7.59. The number of urea groups is 1. The van der Waals surface area contributed by atoms with Gasteiger partial charge in [0.05, 0.1) is 23.2 Å². The van der Waals surface area contributed by atoms with E-state index in [-0.39, 0.29) is 34.4 Å². The Kier molecular flexibility index (Phi) is 8.99. The van der Waals surface area contributed by atoms with E-state index in [1.54, 1.807) is 7.11 Å². The molecule has 1 atom stereocenters. The lowest BCUT2D eigenvalue weighted by Crippen LogP contribution is -2.31. The number of hydrogen-bond acceptors (Lipinski definition) is 8. The van der Waals surface area contributed by atoms with E-state index >= 15 is 4.39 Å². The van der Waals surface area contributed by atoms with Gasteiger partial charge in [-0.15, -0.1) is 23.4 Å². The number of benzene rings is 3. The zero-order valence-electron chi connectivity index (χ0n) is 23.3. The lowest BCUT2D eigenvalue weighted by atomic mass is 10.0. The summed E-state index contributed by atoms with van der Waals surface area (Å²) in [6.07, 6.45) is -5.13. The number of alkyl halides is 3. The van der Waals surface area contributed by atoms with Gasteiger partial charge in [-0.3, -0.25) is 9.69 Å². The monoisotopic (exact) mass is 645 g/mol. The standard InChI is InChI=1S/C29H23F4N5O4S2/c1-15-4-10-20(16(2)41-3)23(12-15)38-24(39)14-43-28(38)35-27(40)34-22-11-7-18(13-21(22)30)26-37-36-25(44-26)17-5-8-19(9-6-17)42-29(31,32)33/h4-13,16H,14H2,1-3H3,(H,34,40). The number of anilines is 2. The molecule has 1 aromatic heterocycles. The van der Waals surface area contributed by atoms with Crippen LogP contribution in [0.15, 0.2) is 65.7 Å². The summed E-state index contributed by atoms with van der Waals surface area (Å²) < 4.78 is 61.6. The first-order valence-corrected chi connectivity index (χ1v) is 14.7. The average Bonchev–Trinajstić information content (AvgIpc) is 3.60. The number of carbonyl (C=O) groups excluding carboxylic acids is 2. The fraction of sp³-hybridized carbons (Fsp3) is 0.207. The number of aromatic nitrogens is 2. The summed E-state index contributed by atoms with van der Waals surface area (Å²) in [7, 11) is 1.56. The maximum atomic E-state index is 15.1. The molecule has 15 heteroatoms. The molecule has 1 aliphatic heterocycles. The van der Waals surface area contributed by atoms with E-state index in [1.807, 2.05) is 32.0 Å². The van der Waals surface area contributed by atoms with Gasteiger partial charge in [-0.2, -0.15) is 4.99 Å². The van der Waals surface area contributed by atoms with Gasteiger partial charge in [-0.05, 0) is 67.9 Å². The molecule has 3 amide bonds. The van der Waals surface area contributed by atoms with Crippen molar-refractivity contribution in [2.45, 2.75) is 26.3 Å². The SMILES string of the molecule is COC(C)c1ccc(C)cc1N1C(=O)CSC1=NC(=O)Nc1ccc(-c2nnc(-c3ccc(OC(F)(F)F)cc3)s2)cc1F. The van der Waals surface area contributed by atoms with E-state index in [1.165, 1.54) is 35.2 Å². The first kappa shape index (κ1) is 31.1. The highest BCUT2D eigenvalue weighted by Gasteiger charge is 2.33. The Morgan fingerprint density at radius 1 is 1.05 bits per heavy atom. The second-order valence-corrected chi connectivity index (χ2v) is 11.4. The molecule has 0 aliphatic carbocycles. The molecule has 0 saturated carbocycles. The largest absolute Gasteiger partial charge is 0.573 e. The minimum absolute atomic E-state index is 0.0826. The van der Waals surface area contributed by atoms with Crippen LogP contribution < -0.4 is 15.0 Å². The van der Waals surface area contributed by atoms with E-state index in [2.05, 4.69) is 25.2 Å². The summed E-state index contributed by atoms with van der Waals surface area (Å²) in [6.45, 7) is 3.72. The minimum atomic E-state index is -4.80. The summed E-state index contributed by atoms with van der Waals surface area (Å²) in [4.78, 5) is 31.1. The number of aliphatic imine (C=N–C) groups is 1. The number of carbonyl (C=O) groups is 2. The van der Waals surface area contributed by atoms with Crippen molar-refractivity contribution in [3.05, 3.63) is 77.6 Å². The molecule has 1 N–H and O–H groups in total. The maximum Gasteiger partial charge on any atom is 0.573 e. The van der Waals surface area contributed by atoms with Gasteiger partial charge in [0, 0.05) is 23.8 Å². The fourth-order valence-electron chi connectivity index (χ4n) is 4.24. The van der Waals surface area contributed by atoms with E-state index < -0.39 is 18.2 Å². The van der Waals surface area contributed by atoms with Gasteiger partial charge in [-0.1, -0.05) is 35.2 Å². The Labute approximate surface area is 256 Å². The average molecular weight is 646 g/mol. The Morgan fingerprint density at radius 3 is 2.39 bits per heavy atom. The van der Waals surface area contributed by atoms with Crippen LogP contribution in [0, 0.1) is 12.7 Å². The second-order valence-electron chi connectivity index (χ2n) is 9.46. The number of thioether (sulfide) groups is 1. The van der Waals surface area contributed by atoms with Crippen molar-refractivity contribution in [1.29, 1.82) is 0 Å². The zero-order chi connectivity index (χ0) is 31.6. The van der Waals surface area contributed by atoms with Crippen LogP contribution in [0.5, 0.6) is 5.75 Å². The Hall–Kier alpha value is -4.34. The van der Waals surface area contributed by atoms with Crippen LogP contribution >= 0.6 is 23.1 Å². The quantitative estimate of drug-likeness (QED) is 0.207. The van der Waals surface area contributed by atoms with Crippen molar-refractivity contribution in [3.63, 3.8) is 0 Å². The molecular formula is C29H23F4N5O4S2. The molecule has 3 aromatic carbocycles. The summed E-state index contributed by atoms with van der Waals surface area (Å²) in [5.74, 6) is -1.31. The van der Waals surface area contributed by atoms with Gasteiger partial charge >= 0.3 is 12.4 Å². The van der Waals surface area contributed by atoms with Crippen LogP contribution in [0.3, 0.4) is 0 Å². The van der Waals surface area contributed by atoms with Gasteiger partial charge in [-0.25, -0.2) is 9.18 Å². The molecule has 1 unspecified atom stereocenters. The first-order chi connectivity index (χ1) is 20.9. The third kappa shape index (κ3) is 7.06. The van der Waals surface area contributed by atoms with E-state index in [9.17, 15) is 22.8 Å². The van der Waals surface area contributed by atoms with Crippen molar-refractivity contribution in [2.75, 3.05) is 23.1 Å².